The summed E-state index contributed by atoms with van der Waals surface area (Å²) in [5, 5.41) is 0. The van der Waals surface area contributed by atoms with Crippen LogP contribution in [-0.2, 0) is 9.47 Å². The van der Waals surface area contributed by atoms with E-state index in [1.54, 1.807) is 0 Å². The number of carbonyl (C=O) groups excluding carboxylic acids is 1. The number of hydrogen-bond acceptors (Lipinski definition) is 4. The molecule has 0 aromatic heterocycles. The fourth-order valence-electron chi connectivity index (χ4n) is 1.42. The molecule has 0 aliphatic heterocycles. The summed E-state index contributed by atoms with van der Waals surface area (Å²) in [6.45, 7) is -0.106. The predicted octanol–water partition coefficient (Wildman–Crippen LogP) is 1.39. The minimum Gasteiger partial charge on any atom is -0.431 e. The van der Waals surface area contributed by atoms with Gasteiger partial charge in [-0.15, -0.1) is 0 Å². The highest BCUT2D eigenvalue weighted by molar-refractivity contribution is 5.60. The highest BCUT2D eigenvalue weighted by Crippen LogP contribution is 2.20. The van der Waals surface area contributed by atoms with Gasteiger partial charge in [-0.3, -0.25) is 5.73 Å². The third-order valence-corrected chi connectivity index (χ3v) is 2.02. The lowest BCUT2D eigenvalue weighted by Crippen LogP contribution is -2.23. The Kier molecular flexibility index (Phi) is 3.87. The minimum absolute atomic E-state index is 0.0535. The second-order valence-corrected chi connectivity index (χ2v) is 2.94. The van der Waals surface area contributed by atoms with Crippen molar-refractivity contribution < 1.29 is 14.3 Å². The van der Waals surface area contributed by atoms with Gasteiger partial charge in [0.05, 0.1) is 0 Å². The maximum Gasteiger partial charge on any atom is 0.509 e. The lowest BCUT2D eigenvalue weighted by atomic mass is 9.98. The molecule has 1 saturated carbocycles. The molecule has 0 aromatic rings. The molecular weight excluding hydrogens is 158 g/mol. The van der Waals surface area contributed by atoms with Gasteiger partial charge in [0.1, 0.15) is 12.8 Å². The van der Waals surface area contributed by atoms with Gasteiger partial charge in [-0.25, -0.2) is 4.79 Å². The minimum atomic E-state index is -0.635. The lowest BCUT2D eigenvalue weighted by Gasteiger charge is -2.20. The number of hydrogen-bond donors (Lipinski definition) is 1. The van der Waals surface area contributed by atoms with E-state index in [0.717, 1.165) is 25.7 Å². The summed E-state index contributed by atoms with van der Waals surface area (Å²) >= 11 is 0. The van der Waals surface area contributed by atoms with Gasteiger partial charge in [-0.2, -0.15) is 0 Å². The van der Waals surface area contributed by atoms with Gasteiger partial charge in [0, 0.05) is 0 Å². The number of ether oxygens (including phenoxy) is 2. The first-order valence-corrected chi connectivity index (χ1v) is 4.36. The standard InChI is InChI=1S/C8H15NO3/c9-6-11-8(10)12-7-4-2-1-3-5-7/h7H,1-6,9H2. The molecule has 0 bridgehead atoms. The van der Waals surface area contributed by atoms with Crippen LogP contribution in [0.15, 0.2) is 0 Å². The van der Waals surface area contributed by atoms with E-state index in [9.17, 15) is 4.79 Å². The van der Waals surface area contributed by atoms with Gasteiger partial charge in [0.25, 0.3) is 0 Å². The third-order valence-electron chi connectivity index (χ3n) is 2.02. The monoisotopic (exact) mass is 173 g/mol. The topological polar surface area (TPSA) is 61.5 Å². The summed E-state index contributed by atoms with van der Waals surface area (Å²) in [6, 6.07) is 0. The first-order chi connectivity index (χ1) is 5.83. The second-order valence-electron chi connectivity index (χ2n) is 2.94. The van der Waals surface area contributed by atoms with Crippen molar-refractivity contribution >= 4 is 6.16 Å². The van der Waals surface area contributed by atoms with Crippen molar-refractivity contribution in [2.24, 2.45) is 5.73 Å². The summed E-state index contributed by atoms with van der Waals surface area (Å²) in [5.41, 5.74) is 5.01. The van der Waals surface area contributed by atoms with Gasteiger partial charge >= 0.3 is 6.16 Å². The molecular formula is C8H15NO3. The van der Waals surface area contributed by atoms with Gasteiger partial charge in [-0.05, 0) is 25.7 Å². The molecule has 0 saturated heterocycles. The van der Waals surface area contributed by atoms with E-state index in [2.05, 4.69) is 4.74 Å². The summed E-state index contributed by atoms with van der Waals surface area (Å²) in [4.78, 5) is 10.8. The molecule has 1 fully saturated rings. The Balaban J connectivity index is 2.15. The first-order valence-electron chi connectivity index (χ1n) is 4.36. The highest BCUT2D eigenvalue weighted by atomic mass is 16.7. The summed E-state index contributed by atoms with van der Waals surface area (Å²) < 4.78 is 9.45. The number of nitrogens with two attached hydrogens (primary N) is 1. The summed E-state index contributed by atoms with van der Waals surface area (Å²) in [7, 11) is 0. The molecule has 0 amide bonds. The molecule has 1 aliphatic carbocycles. The van der Waals surface area contributed by atoms with Gasteiger partial charge in [-0.1, -0.05) is 6.42 Å². The van der Waals surface area contributed by atoms with Crippen LogP contribution in [0.5, 0.6) is 0 Å². The maximum atomic E-state index is 10.8. The molecule has 0 spiro atoms. The van der Waals surface area contributed by atoms with Crippen LogP contribution in [0.3, 0.4) is 0 Å². The van der Waals surface area contributed by atoms with Crippen LogP contribution in [-0.4, -0.2) is 19.0 Å². The van der Waals surface area contributed by atoms with Gasteiger partial charge in [0.2, 0.25) is 0 Å². The van der Waals surface area contributed by atoms with Crippen molar-refractivity contribution in [3.05, 3.63) is 0 Å². The molecule has 0 unspecified atom stereocenters. The zero-order chi connectivity index (χ0) is 8.81. The molecule has 1 rings (SSSR count). The Morgan fingerprint density at radius 2 is 2.00 bits per heavy atom. The van der Waals surface area contributed by atoms with E-state index < -0.39 is 6.16 Å². The van der Waals surface area contributed by atoms with Gasteiger partial charge in [0.15, 0.2) is 0 Å². The van der Waals surface area contributed by atoms with Crippen LogP contribution in [0.25, 0.3) is 0 Å². The lowest BCUT2D eigenvalue weighted by molar-refractivity contribution is 0.0125. The van der Waals surface area contributed by atoms with E-state index in [4.69, 9.17) is 10.5 Å². The van der Waals surface area contributed by atoms with Crippen LogP contribution in [0, 0.1) is 0 Å². The van der Waals surface area contributed by atoms with E-state index in [1.807, 2.05) is 0 Å². The molecule has 0 radical (unpaired) electrons. The van der Waals surface area contributed by atoms with Crippen molar-refractivity contribution in [3.63, 3.8) is 0 Å². The van der Waals surface area contributed by atoms with E-state index in [1.165, 1.54) is 6.42 Å². The smallest absolute Gasteiger partial charge is 0.431 e. The molecule has 4 heteroatoms. The van der Waals surface area contributed by atoms with Crippen LogP contribution in [0.1, 0.15) is 32.1 Å². The zero-order valence-electron chi connectivity index (χ0n) is 7.12. The van der Waals surface area contributed by atoms with Crippen LogP contribution < -0.4 is 5.73 Å². The number of rotatable bonds is 2. The molecule has 0 aromatic carbocycles. The van der Waals surface area contributed by atoms with Gasteiger partial charge < -0.3 is 9.47 Å². The van der Waals surface area contributed by atoms with E-state index in [-0.39, 0.29) is 12.8 Å². The molecule has 12 heavy (non-hydrogen) atoms. The molecule has 1 aliphatic rings. The Morgan fingerprint density at radius 1 is 1.33 bits per heavy atom. The fourth-order valence-corrected chi connectivity index (χ4v) is 1.42. The largest absolute Gasteiger partial charge is 0.509 e. The van der Waals surface area contributed by atoms with Crippen LogP contribution >= 0.6 is 0 Å². The average molecular weight is 173 g/mol. The third kappa shape index (κ3) is 3.09. The van der Waals surface area contributed by atoms with Crippen molar-refractivity contribution in [1.82, 2.24) is 0 Å². The van der Waals surface area contributed by atoms with E-state index >= 15 is 0 Å². The number of carbonyl (C=O) groups is 1. The molecule has 0 heterocycles. The van der Waals surface area contributed by atoms with Crippen molar-refractivity contribution in [2.75, 3.05) is 6.73 Å². The van der Waals surface area contributed by atoms with Crippen molar-refractivity contribution in [1.29, 1.82) is 0 Å². The van der Waals surface area contributed by atoms with Crippen LogP contribution in [0.2, 0.25) is 0 Å². The molecule has 4 nitrogen and oxygen atoms in total. The zero-order valence-corrected chi connectivity index (χ0v) is 7.12. The van der Waals surface area contributed by atoms with Crippen molar-refractivity contribution in [2.45, 2.75) is 38.2 Å². The van der Waals surface area contributed by atoms with Crippen LogP contribution in [0.4, 0.5) is 4.79 Å². The second kappa shape index (κ2) is 4.98. The maximum absolute atomic E-state index is 10.8. The highest BCUT2D eigenvalue weighted by Gasteiger charge is 2.17. The summed E-state index contributed by atoms with van der Waals surface area (Å²) in [5.74, 6) is 0. The predicted molar refractivity (Wildman–Crippen MR) is 43.5 cm³/mol. The Labute approximate surface area is 72.0 Å². The van der Waals surface area contributed by atoms with E-state index in [0.29, 0.717) is 0 Å². The quantitative estimate of drug-likeness (QED) is 0.506. The first kappa shape index (κ1) is 9.32. The Bertz CT molecular complexity index is 143. The fraction of sp³-hybridized carbons (Fsp3) is 0.875. The Hall–Kier alpha value is -0.770. The average Bonchev–Trinajstić information content (AvgIpc) is 2.06. The molecule has 0 atom stereocenters. The Morgan fingerprint density at radius 3 is 2.58 bits per heavy atom. The van der Waals surface area contributed by atoms with Crippen molar-refractivity contribution in [3.8, 4) is 0 Å². The SMILES string of the molecule is NCOC(=O)OC1CCCCC1. The molecule has 2 N–H and O–H groups in total. The summed E-state index contributed by atoms with van der Waals surface area (Å²) in [6.07, 6.45) is 4.86. The normalized spacial score (nSPS) is 18.8. The molecule has 70 valence electrons.